The Labute approximate surface area is 119 Å². The van der Waals surface area contributed by atoms with Gasteiger partial charge in [-0.15, -0.1) is 0 Å². The standard InChI is InChI=1S/C12H13N5O4/c1-21-10(18)4-5-14-11-8-6-7(17(19)20)2-3-9(8)15-12(13)16-11/h2-3,6H,4-5H2,1H3,(H3,13,14,15,16). The number of hydrogen-bond donors (Lipinski definition) is 2. The summed E-state index contributed by atoms with van der Waals surface area (Å²) in [5.41, 5.74) is 6.00. The van der Waals surface area contributed by atoms with Crippen LogP contribution < -0.4 is 11.1 Å². The number of anilines is 2. The third-order valence-electron chi connectivity index (χ3n) is 2.76. The van der Waals surface area contributed by atoms with Gasteiger partial charge in [-0.25, -0.2) is 4.98 Å². The van der Waals surface area contributed by atoms with Crippen molar-refractivity contribution in [2.45, 2.75) is 6.42 Å². The quantitative estimate of drug-likeness (QED) is 0.475. The monoisotopic (exact) mass is 291 g/mol. The van der Waals surface area contributed by atoms with Gasteiger partial charge in [-0.1, -0.05) is 0 Å². The van der Waals surface area contributed by atoms with Crippen LogP contribution in [0.2, 0.25) is 0 Å². The molecule has 0 amide bonds. The van der Waals surface area contributed by atoms with E-state index in [0.717, 1.165) is 0 Å². The number of fused-ring (bicyclic) bond motifs is 1. The van der Waals surface area contributed by atoms with Gasteiger partial charge in [-0.05, 0) is 6.07 Å². The summed E-state index contributed by atoms with van der Waals surface area (Å²) in [7, 11) is 1.30. The first-order valence-electron chi connectivity index (χ1n) is 6.03. The molecule has 0 saturated heterocycles. The summed E-state index contributed by atoms with van der Waals surface area (Å²) in [5.74, 6) is 0.00170. The van der Waals surface area contributed by atoms with Gasteiger partial charge in [0.2, 0.25) is 5.95 Å². The van der Waals surface area contributed by atoms with Gasteiger partial charge in [0.15, 0.2) is 0 Å². The second-order valence-corrected chi connectivity index (χ2v) is 4.14. The molecule has 1 aromatic heterocycles. The molecule has 3 N–H and O–H groups in total. The molecule has 0 fully saturated rings. The van der Waals surface area contributed by atoms with Crippen LogP contribution in [0.5, 0.6) is 0 Å². The number of non-ortho nitro benzene ring substituents is 1. The van der Waals surface area contributed by atoms with Crippen molar-refractivity contribution in [3.63, 3.8) is 0 Å². The first-order chi connectivity index (χ1) is 10.0. The Morgan fingerprint density at radius 2 is 2.24 bits per heavy atom. The van der Waals surface area contributed by atoms with E-state index in [-0.39, 0.29) is 30.6 Å². The number of aromatic nitrogens is 2. The highest BCUT2D eigenvalue weighted by Gasteiger charge is 2.12. The summed E-state index contributed by atoms with van der Waals surface area (Å²) in [4.78, 5) is 29.4. The third-order valence-corrected chi connectivity index (χ3v) is 2.76. The minimum absolute atomic E-state index is 0.0388. The van der Waals surface area contributed by atoms with Crippen molar-refractivity contribution in [1.82, 2.24) is 9.97 Å². The van der Waals surface area contributed by atoms with Gasteiger partial charge < -0.3 is 15.8 Å². The Morgan fingerprint density at radius 3 is 2.90 bits per heavy atom. The summed E-state index contributed by atoms with van der Waals surface area (Å²) in [6.45, 7) is 0.265. The van der Waals surface area contributed by atoms with Gasteiger partial charge >= 0.3 is 5.97 Å². The predicted octanol–water partition coefficient (Wildman–Crippen LogP) is 1.10. The van der Waals surface area contributed by atoms with Gasteiger partial charge in [0.1, 0.15) is 5.82 Å². The number of nitrogens with zero attached hydrogens (tertiary/aromatic N) is 3. The van der Waals surface area contributed by atoms with E-state index in [1.807, 2.05) is 0 Å². The number of nitro groups is 1. The number of rotatable bonds is 5. The van der Waals surface area contributed by atoms with Crippen LogP contribution in [0.15, 0.2) is 18.2 Å². The van der Waals surface area contributed by atoms with Gasteiger partial charge in [0, 0.05) is 24.1 Å². The average molecular weight is 291 g/mol. The molecule has 110 valence electrons. The van der Waals surface area contributed by atoms with Crippen LogP contribution in [0.4, 0.5) is 17.5 Å². The van der Waals surface area contributed by atoms with E-state index in [4.69, 9.17) is 5.73 Å². The molecule has 0 aliphatic carbocycles. The molecule has 0 aliphatic rings. The fourth-order valence-corrected chi connectivity index (χ4v) is 1.77. The van der Waals surface area contributed by atoms with Crippen LogP contribution >= 0.6 is 0 Å². The molecule has 9 heteroatoms. The van der Waals surface area contributed by atoms with Gasteiger partial charge in [0.05, 0.1) is 24.0 Å². The molecule has 0 radical (unpaired) electrons. The molecule has 9 nitrogen and oxygen atoms in total. The zero-order valence-electron chi connectivity index (χ0n) is 11.2. The summed E-state index contributed by atoms with van der Waals surface area (Å²) < 4.78 is 4.52. The molecule has 0 aliphatic heterocycles. The predicted molar refractivity (Wildman–Crippen MR) is 75.7 cm³/mol. The molecule has 0 spiro atoms. The maximum absolute atomic E-state index is 11.1. The van der Waals surface area contributed by atoms with Crippen molar-refractivity contribution in [3.8, 4) is 0 Å². The number of nitrogen functional groups attached to an aromatic ring is 1. The van der Waals surface area contributed by atoms with Gasteiger partial charge in [0.25, 0.3) is 5.69 Å². The van der Waals surface area contributed by atoms with Crippen molar-refractivity contribution in [3.05, 3.63) is 28.3 Å². The Hall–Kier alpha value is -2.97. The second-order valence-electron chi connectivity index (χ2n) is 4.14. The fraction of sp³-hybridized carbons (Fsp3) is 0.250. The molecule has 0 atom stereocenters. The highest BCUT2D eigenvalue weighted by molar-refractivity contribution is 5.91. The third kappa shape index (κ3) is 3.32. The summed E-state index contributed by atoms with van der Waals surface area (Å²) >= 11 is 0. The van der Waals surface area contributed by atoms with E-state index in [9.17, 15) is 14.9 Å². The molecular formula is C12H13N5O4. The SMILES string of the molecule is COC(=O)CCNc1nc(N)nc2ccc([N+](=O)[O-])cc12. The van der Waals surface area contributed by atoms with Crippen LogP contribution in [0.3, 0.4) is 0 Å². The van der Waals surface area contributed by atoms with Crippen LogP contribution in [0.25, 0.3) is 10.9 Å². The molecule has 21 heavy (non-hydrogen) atoms. The number of methoxy groups -OCH3 is 1. The molecule has 2 rings (SSSR count). The van der Waals surface area contributed by atoms with Crippen molar-refractivity contribution in [1.29, 1.82) is 0 Å². The average Bonchev–Trinajstić information content (AvgIpc) is 2.46. The van der Waals surface area contributed by atoms with E-state index in [1.165, 1.54) is 25.3 Å². The van der Waals surface area contributed by atoms with E-state index in [0.29, 0.717) is 16.7 Å². The number of esters is 1. The topological polar surface area (TPSA) is 133 Å². The van der Waals surface area contributed by atoms with E-state index in [1.54, 1.807) is 0 Å². The highest BCUT2D eigenvalue weighted by Crippen LogP contribution is 2.25. The minimum atomic E-state index is -0.506. The van der Waals surface area contributed by atoms with Crippen LogP contribution in [-0.2, 0) is 9.53 Å². The largest absolute Gasteiger partial charge is 0.469 e. The molecule has 0 unspecified atom stereocenters. The van der Waals surface area contributed by atoms with Gasteiger partial charge in [-0.3, -0.25) is 14.9 Å². The number of carbonyl (C=O) groups excluding carboxylic acids is 1. The number of ether oxygens (including phenoxy) is 1. The molecule has 0 saturated carbocycles. The summed E-state index contributed by atoms with van der Waals surface area (Å²) in [6, 6.07) is 4.19. The lowest BCUT2D eigenvalue weighted by Crippen LogP contribution is -2.11. The zero-order chi connectivity index (χ0) is 15.4. The normalized spacial score (nSPS) is 10.3. The summed E-state index contributed by atoms with van der Waals surface area (Å²) in [6.07, 6.45) is 0.136. The lowest BCUT2D eigenvalue weighted by atomic mass is 10.2. The maximum atomic E-state index is 11.1. The smallest absolute Gasteiger partial charge is 0.307 e. The maximum Gasteiger partial charge on any atom is 0.307 e. The van der Waals surface area contributed by atoms with Crippen LogP contribution in [-0.4, -0.2) is 34.5 Å². The lowest BCUT2D eigenvalue weighted by molar-refractivity contribution is -0.384. The number of hydrogen-bond acceptors (Lipinski definition) is 8. The second kappa shape index (κ2) is 5.99. The first-order valence-corrected chi connectivity index (χ1v) is 6.03. The Kier molecular flexibility index (Phi) is 4.12. The number of carbonyl (C=O) groups is 1. The lowest BCUT2D eigenvalue weighted by Gasteiger charge is -2.08. The first kappa shape index (κ1) is 14.4. The number of nitro benzene ring substituents is 1. The van der Waals surface area contributed by atoms with Crippen LogP contribution in [0.1, 0.15) is 6.42 Å². The molecule has 1 aromatic carbocycles. The number of benzene rings is 1. The Morgan fingerprint density at radius 1 is 1.48 bits per heavy atom. The molecule has 2 aromatic rings. The van der Waals surface area contributed by atoms with Crippen molar-refractivity contribution in [2.24, 2.45) is 0 Å². The van der Waals surface area contributed by atoms with E-state index >= 15 is 0 Å². The minimum Gasteiger partial charge on any atom is -0.469 e. The van der Waals surface area contributed by atoms with E-state index < -0.39 is 4.92 Å². The fourth-order valence-electron chi connectivity index (χ4n) is 1.77. The summed E-state index contributed by atoms with van der Waals surface area (Å²) in [5, 5.41) is 14.2. The Balaban J connectivity index is 2.33. The molecular weight excluding hydrogens is 278 g/mol. The van der Waals surface area contributed by atoms with Crippen molar-refractivity contribution in [2.75, 3.05) is 24.7 Å². The molecule has 0 bridgehead atoms. The number of nitrogens with one attached hydrogen (secondary N) is 1. The van der Waals surface area contributed by atoms with Crippen LogP contribution in [0, 0.1) is 10.1 Å². The highest BCUT2D eigenvalue weighted by atomic mass is 16.6. The van der Waals surface area contributed by atoms with Crippen molar-refractivity contribution >= 4 is 34.3 Å². The molecule has 1 heterocycles. The zero-order valence-corrected chi connectivity index (χ0v) is 11.2. The van der Waals surface area contributed by atoms with Crippen molar-refractivity contribution < 1.29 is 14.5 Å². The van der Waals surface area contributed by atoms with Gasteiger partial charge in [-0.2, -0.15) is 4.98 Å². The number of nitrogens with two attached hydrogens (primary N) is 1. The Bertz CT molecular complexity index is 703. The van der Waals surface area contributed by atoms with E-state index in [2.05, 4.69) is 20.0 Å².